The average molecular weight is 303 g/mol. The highest BCUT2D eigenvalue weighted by atomic mass is 32.2. The molecule has 1 fully saturated rings. The number of nitrogens with zero attached hydrogens (tertiary/aromatic N) is 1. The van der Waals surface area contributed by atoms with Gasteiger partial charge in [0.05, 0.1) is 5.92 Å². The van der Waals surface area contributed by atoms with Crippen molar-refractivity contribution in [2.75, 3.05) is 13.1 Å². The molecule has 1 saturated heterocycles. The highest BCUT2D eigenvalue weighted by Gasteiger charge is 2.33. The Balaban J connectivity index is 2.21. The summed E-state index contributed by atoms with van der Waals surface area (Å²) in [5.74, 6) is -1.51. The molecule has 0 aliphatic carbocycles. The van der Waals surface area contributed by atoms with Gasteiger partial charge in [0.25, 0.3) is 10.0 Å². The van der Waals surface area contributed by atoms with Crippen LogP contribution in [0.4, 0.5) is 0 Å². The molecule has 0 bridgehead atoms. The van der Waals surface area contributed by atoms with E-state index in [1.54, 1.807) is 6.07 Å². The molecule has 1 atom stereocenters. The van der Waals surface area contributed by atoms with Crippen molar-refractivity contribution in [2.45, 2.75) is 30.4 Å². The van der Waals surface area contributed by atoms with Crippen molar-refractivity contribution >= 4 is 27.3 Å². The largest absolute Gasteiger partial charge is 0.481 e. The van der Waals surface area contributed by atoms with Gasteiger partial charge in [0.15, 0.2) is 0 Å². The summed E-state index contributed by atoms with van der Waals surface area (Å²) in [4.78, 5) is 12.0. The number of carboxylic acids is 1. The van der Waals surface area contributed by atoms with E-state index in [9.17, 15) is 13.2 Å². The summed E-state index contributed by atoms with van der Waals surface area (Å²) in [5, 5.41) is 9.02. The van der Waals surface area contributed by atoms with Crippen LogP contribution in [-0.2, 0) is 21.2 Å². The molecular weight excluding hydrogens is 286 g/mol. The number of aliphatic carboxylic acids is 1. The number of thiophene rings is 1. The highest BCUT2D eigenvalue weighted by Crippen LogP contribution is 2.28. The quantitative estimate of drug-likeness (QED) is 0.920. The van der Waals surface area contributed by atoms with E-state index in [0.717, 1.165) is 11.3 Å². The number of sulfonamides is 1. The van der Waals surface area contributed by atoms with Crippen molar-refractivity contribution < 1.29 is 18.3 Å². The maximum absolute atomic E-state index is 12.4. The third kappa shape index (κ3) is 2.98. The lowest BCUT2D eigenvalue weighted by Crippen LogP contribution is -2.41. The van der Waals surface area contributed by atoms with E-state index in [0.29, 0.717) is 23.6 Å². The van der Waals surface area contributed by atoms with E-state index >= 15 is 0 Å². The van der Waals surface area contributed by atoms with Crippen LogP contribution in [0.15, 0.2) is 16.3 Å². The first-order valence-corrected chi connectivity index (χ1v) is 8.52. The monoisotopic (exact) mass is 303 g/mol. The third-order valence-corrected chi connectivity index (χ3v) is 6.88. The van der Waals surface area contributed by atoms with Crippen LogP contribution in [0.25, 0.3) is 0 Å². The van der Waals surface area contributed by atoms with Crippen molar-refractivity contribution in [1.29, 1.82) is 0 Å². The molecule has 1 N–H and O–H groups in total. The Morgan fingerprint density at radius 2 is 2.26 bits per heavy atom. The average Bonchev–Trinajstić information content (AvgIpc) is 2.88. The predicted molar refractivity (Wildman–Crippen MR) is 72.8 cm³/mol. The van der Waals surface area contributed by atoms with Crippen LogP contribution in [0.3, 0.4) is 0 Å². The second-order valence-electron chi connectivity index (χ2n) is 4.61. The lowest BCUT2D eigenvalue weighted by atomic mass is 10.0. The Hall–Kier alpha value is -0.920. The fraction of sp³-hybridized carbons (Fsp3) is 0.583. The molecule has 0 aromatic carbocycles. The fourth-order valence-corrected chi connectivity index (χ4v) is 5.15. The molecule has 1 aliphatic rings. The first kappa shape index (κ1) is 14.5. The number of carbonyl (C=O) groups is 1. The Morgan fingerprint density at radius 3 is 2.84 bits per heavy atom. The van der Waals surface area contributed by atoms with Gasteiger partial charge in [-0.1, -0.05) is 6.92 Å². The molecule has 1 aromatic rings. The lowest BCUT2D eigenvalue weighted by Gasteiger charge is -2.29. The summed E-state index contributed by atoms with van der Waals surface area (Å²) < 4.78 is 26.5. The minimum atomic E-state index is -3.53. The minimum Gasteiger partial charge on any atom is -0.481 e. The molecule has 0 amide bonds. The molecule has 2 rings (SSSR count). The van der Waals surface area contributed by atoms with E-state index < -0.39 is 21.9 Å². The summed E-state index contributed by atoms with van der Waals surface area (Å²) in [5.41, 5.74) is 0. The van der Waals surface area contributed by atoms with Gasteiger partial charge in [0, 0.05) is 18.0 Å². The molecule has 19 heavy (non-hydrogen) atoms. The number of hydrogen-bond donors (Lipinski definition) is 1. The fourth-order valence-electron chi connectivity index (χ4n) is 2.18. The smallest absolute Gasteiger partial charge is 0.307 e. The van der Waals surface area contributed by atoms with E-state index in [-0.39, 0.29) is 6.54 Å². The summed E-state index contributed by atoms with van der Waals surface area (Å²) in [6.45, 7) is 2.46. The van der Waals surface area contributed by atoms with Gasteiger partial charge in [-0.2, -0.15) is 4.31 Å². The summed E-state index contributed by atoms with van der Waals surface area (Å²) in [7, 11) is -3.53. The van der Waals surface area contributed by atoms with E-state index in [1.807, 2.05) is 13.0 Å². The molecule has 0 spiro atoms. The van der Waals surface area contributed by atoms with Crippen LogP contribution < -0.4 is 0 Å². The number of hydrogen-bond acceptors (Lipinski definition) is 4. The number of piperidine rings is 1. The molecule has 1 aromatic heterocycles. The van der Waals surface area contributed by atoms with Gasteiger partial charge in [-0.15, -0.1) is 11.3 Å². The maximum Gasteiger partial charge on any atom is 0.307 e. The van der Waals surface area contributed by atoms with Crippen LogP contribution in [0.2, 0.25) is 0 Å². The number of aryl methyl sites for hydroxylation is 1. The Labute approximate surface area is 116 Å². The normalized spacial score (nSPS) is 21.4. The maximum atomic E-state index is 12.4. The molecule has 1 aliphatic heterocycles. The topological polar surface area (TPSA) is 74.7 Å². The SMILES string of the molecule is CCc1ccc(S(=O)(=O)N2CCC[C@H](C(=O)O)C2)s1. The van der Waals surface area contributed by atoms with Crippen LogP contribution in [-0.4, -0.2) is 36.9 Å². The second-order valence-corrected chi connectivity index (χ2v) is 7.95. The van der Waals surface area contributed by atoms with Crippen molar-refractivity contribution in [3.63, 3.8) is 0 Å². The first-order valence-electron chi connectivity index (χ1n) is 6.26. The minimum absolute atomic E-state index is 0.0804. The summed E-state index contributed by atoms with van der Waals surface area (Å²) in [6.07, 6.45) is 1.95. The van der Waals surface area contributed by atoms with Crippen LogP contribution in [0.5, 0.6) is 0 Å². The zero-order valence-electron chi connectivity index (χ0n) is 10.7. The van der Waals surface area contributed by atoms with Crippen LogP contribution in [0.1, 0.15) is 24.6 Å². The van der Waals surface area contributed by atoms with E-state index in [2.05, 4.69) is 0 Å². The second kappa shape index (κ2) is 5.60. The molecule has 106 valence electrons. The lowest BCUT2D eigenvalue weighted by molar-refractivity contribution is -0.142. The van der Waals surface area contributed by atoms with Crippen molar-refractivity contribution in [1.82, 2.24) is 4.31 Å². The van der Waals surface area contributed by atoms with Gasteiger partial charge >= 0.3 is 5.97 Å². The third-order valence-electron chi connectivity index (χ3n) is 3.31. The van der Waals surface area contributed by atoms with Gasteiger partial charge in [0.1, 0.15) is 4.21 Å². The molecular formula is C12H17NO4S2. The van der Waals surface area contributed by atoms with Crippen molar-refractivity contribution in [2.24, 2.45) is 5.92 Å². The number of rotatable bonds is 4. The molecule has 0 unspecified atom stereocenters. The molecule has 2 heterocycles. The molecule has 5 nitrogen and oxygen atoms in total. The molecule has 0 radical (unpaired) electrons. The zero-order valence-corrected chi connectivity index (χ0v) is 12.3. The Morgan fingerprint density at radius 1 is 1.53 bits per heavy atom. The highest BCUT2D eigenvalue weighted by molar-refractivity contribution is 7.91. The summed E-state index contributed by atoms with van der Waals surface area (Å²) in [6, 6.07) is 3.43. The summed E-state index contributed by atoms with van der Waals surface area (Å²) >= 11 is 1.27. The van der Waals surface area contributed by atoms with E-state index in [4.69, 9.17) is 5.11 Å². The van der Waals surface area contributed by atoms with Crippen molar-refractivity contribution in [3.05, 3.63) is 17.0 Å². The van der Waals surface area contributed by atoms with Crippen LogP contribution >= 0.6 is 11.3 Å². The van der Waals surface area contributed by atoms with Gasteiger partial charge in [-0.25, -0.2) is 8.42 Å². The van der Waals surface area contributed by atoms with Gasteiger partial charge in [0.2, 0.25) is 0 Å². The molecule has 7 heteroatoms. The zero-order chi connectivity index (χ0) is 14.0. The Bertz CT molecular complexity index is 564. The van der Waals surface area contributed by atoms with Crippen molar-refractivity contribution in [3.8, 4) is 0 Å². The standard InChI is InChI=1S/C12H17NO4S2/c1-2-10-5-6-11(18-10)19(16,17)13-7-3-4-9(8-13)12(14)15/h5-6,9H,2-4,7-8H2,1H3,(H,14,15)/t9-/m0/s1. The first-order chi connectivity index (χ1) is 8.95. The van der Waals surface area contributed by atoms with Crippen LogP contribution in [0, 0.1) is 5.92 Å². The molecule has 0 saturated carbocycles. The predicted octanol–water partition coefficient (Wildman–Crippen LogP) is 1.80. The number of carboxylic acid groups (broad SMARTS) is 1. The van der Waals surface area contributed by atoms with E-state index in [1.165, 1.54) is 15.6 Å². The van der Waals surface area contributed by atoms with Gasteiger partial charge in [-0.3, -0.25) is 4.79 Å². The Kier molecular flexibility index (Phi) is 4.27. The van der Waals surface area contributed by atoms with Gasteiger partial charge < -0.3 is 5.11 Å². The van der Waals surface area contributed by atoms with Gasteiger partial charge in [-0.05, 0) is 31.4 Å².